The standard InChI is InChI=1S/C14H26N6O2.HI/c1-10-12(11(2)20(4)19-10)8-17-14(15-3)18-9-13(21)16-6-7-22-5;/h6-9H2,1-5H3,(H,16,21)(H2,15,17,18);1H. The molecule has 0 saturated heterocycles. The van der Waals surface area contributed by atoms with Gasteiger partial charge in [-0.1, -0.05) is 0 Å². The van der Waals surface area contributed by atoms with Crippen molar-refractivity contribution >= 4 is 35.8 Å². The lowest BCUT2D eigenvalue weighted by Gasteiger charge is -2.12. The molecule has 0 aliphatic carbocycles. The van der Waals surface area contributed by atoms with Gasteiger partial charge in [0.25, 0.3) is 0 Å². The highest BCUT2D eigenvalue weighted by molar-refractivity contribution is 14.0. The molecule has 0 unspecified atom stereocenters. The number of guanidine groups is 1. The SMILES string of the molecule is CN=C(NCC(=O)NCCOC)NCc1c(C)nn(C)c1C.I. The minimum atomic E-state index is -0.103. The van der Waals surface area contributed by atoms with Crippen molar-refractivity contribution in [3.8, 4) is 0 Å². The van der Waals surface area contributed by atoms with Gasteiger partial charge in [0.2, 0.25) is 5.91 Å². The molecule has 3 N–H and O–H groups in total. The molecule has 0 atom stereocenters. The molecular weight excluding hydrogens is 411 g/mol. The van der Waals surface area contributed by atoms with Gasteiger partial charge in [0.05, 0.1) is 18.8 Å². The fourth-order valence-corrected chi connectivity index (χ4v) is 1.99. The molecular formula is C14H27IN6O2. The van der Waals surface area contributed by atoms with Gasteiger partial charge in [0.1, 0.15) is 0 Å². The van der Waals surface area contributed by atoms with E-state index in [0.29, 0.717) is 25.7 Å². The van der Waals surface area contributed by atoms with E-state index in [4.69, 9.17) is 4.74 Å². The molecule has 0 saturated carbocycles. The summed E-state index contributed by atoms with van der Waals surface area (Å²) in [6.07, 6.45) is 0. The highest BCUT2D eigenvalue weighted by atomic mass is 127. The number of carbonyl (C=O) groups excluding carboxylic acids is 1. The first-order chi connectivity index (χ1) is 10.5. The number of hydrogen-bond donors (Lipinski definition) is 3. The Kier molecular flexibility index (Phi) is 10.6. The molecule has 0 bridgehead atoms. The quantitative estimate of drug-likeness (QED) is 0.243. The minimum absolute atomic E-state index is 0. The Morgan fingerprint density at radius 2 is 2.00 bits per heavy atom. The van der Waals surface area contributed by atoms with Crippen LogP contribution in [0.25, 0.3) is 0 Å². The van der Waals surface area contributed by atoms with Gasteiger partial charge in [0.15, 0.2) is 5.96 Å². The zero-order chi connectivity index (χ0) is 16.5. The Morgan fingerprint density at radius 3 is 2.52 bits per heavy atom. The highest BCUT2D eigenvalue weighted by Crippen LogP contribution is 2.10. The normalized spacial score (nSPS) is 10.9. The van der Waals surface area contributed by atoms with Gasteiger partial charge >= 0.3 is 0 Å². The maximum absolute atomic E-state index is 11.6. The van der Waals surface area contributed by atoms with E-state index in [1.807, 2.05) is 25.6 Å². The average molecular weight is 438 g/mol. The zero-order valence-electron chi connectivity index (χ0n) is 14.4. The summed E-state index contributed by atoms with van der Waals surface area (Å²) >= 11 is 0. The van der Waals surface area contributed by atoms with Crippen molar-refractivity contribution in [2.45, 2.75) is 20.4 Å². The van der Waals surface area contributed by atoms with Crippen LogP contribution in [0.3, 0.4) is 0 Å². The predicted octanol–water partition coefficient (Wildman–Crippen LogP) is 0.0825. The van der Waals surface area contributed by atoms with E-state index in [1.54, 1.807) is 14.2 Å². The number of rotatable bonds is 7. The Morgan fingerprint density at radius 1 is 1.30 bits per heavy atom. The van der Waals surface area contributed by atoms with Gasteiger partial charge in [0, 0.05) is 45.6 Å². The van der Waals surface area contributed by atoms with Gasteiger partial charge in [-0.3, -0.25) is 14.5 Å². The summed E-state index contributed by atoms with van der Waals surface area (Å²) in [6, 6.07) is 0. The van der Waals surface area contributed by atoms with E-state index >= 15 is 0 Å². The molecule has 1 aromatic rings. The van der Waals surface area contributed by atoms with Crippen LogP contribution in [0.5, 0.6) is 0 Å². The summed E-state index contributed by atoms with van der Waals surface area (Å²) in [7, 11) is 5.18. The summed E-state index contributed by atoms with van der Waals surface area (Å²) in [5.41, 5.74) is 3.23. The maximum Gasteiger partial charge on any atom is 0.239 e. The molecule has 23 heavy (non-hydrogen) atoms. The topological polar surface area (TPSA) is 92.6 Å². The summed E-state index contributed by atoms with van der Waals surface area (Å²) in [4.78, 5) is 15.7. The van der Waals surface area contributed by atoms with Crippen LogP contribution < -0.4 is 16.0 Å². The fourth-order valence-electron chi connectivity index (χ4n) is 1.99. The molecule has 0 aliphatic heterocycles. The molecule has 0 radical (unpaired) electrons. The van der Waals surface area contributed by atoms with Gasteiger partial charge < -0.3 is 20.7 Å². The molecule has 0 fully saturated rings. The Bertz CT molecular complexity index is 530. The lowest BCUT2D eigenvalue weighted by molar-refractivity contribution is -0.120. The molecule has 1 rings (SSSR count). The highest BCUT2D eigenvalue weighted by Gasteiger charge is 2.10. The summed E-state index contributed by atoms with van der Waals surface area (Å²) in [6.45, 7) is 5.76. The smallest absolute Gasteiger partial charge is 0.239 e. The van der Waals surface area contributed by atoms with E-state index in [0.717, 1.165) is 17.0 Å². The molecule has 8 nitrogen and oxygen atoms in total. The van der Waals surface area contributed by atoms with Crippen molar-refractivity contribution in [3.05, 3.63) is 17.0 Å². The first kappa shape index (κ1) is 21.6. The van der Waals surface area contributed by atoms with Gasteiger partial charge in [-0.05, 0) is 13.8 Å². The number of nitrogens with zero attached hydrogens (tertiary/aromatic N) is 3. The number of aryl methyl sites for hydroxylation is 2. The molecule has 1 heterocycles. The van der Waals surface area contributed by atoms with Crippen LogP contribution in [-0.2, 0) is 23.1 Å². The number of hydrogen-bond acceptors (Lipinski definition) is 4. The van der Waals surface area contributed by atoms with Crippen LogP contribution >= 0.6 is 24.0 Å². The van der Waals surface area contributed by atoms with Crippen molar-refractivity contribution in [1.82, 2.24) is 25.7 Å². The molecule has 0 spiro atoms. The van der Waals surface area contributed by atoms with E-state index in [9.17, 15) is 4.79 Å². The van der Waals surface area contributed by atoms with Crippen molar-refractivity contribution in [3.63, 3.8) is 0 Å². The van der Waals surface area contributed by atoms with Crippen molar-refractivity contribution in [2.75, 3.05) is 33.9 Å². The largest absolute Gasteiger partial charge is 0.383 e. The number of aliphatic imine (C=N–C) groups is 1. The number of amides is 1. The van der Waals surface area contributed by atoms with Crippen LogP contribution in [-0.4, -0.2) is 55.5 Å². The van der Waals surface area contributed by atoms with E-state index in [2.05, 4.69) is 26.0 Å². The van der Waals surface area contributed by atoms with Crippen LogP contribution in [0.1, 0.15) is 17.0 Å². The molecule has 0 aliphatic rings. The number of aromatic nitrogens is 2. The third-order valence-corrected chi connectivity index (χ3v) is 3.36. The van der Waals surface area contributed by atoms with Crippen molar-refractivity contribution in [1.29, 1.82) is 0 Å². The van der Waals surface area contributed by atoms with Crippen molar-refractivity contribution < 1.29 is 9.53 Å². The van der Waals surface area contributed by atoms with Crippen LogP contribution in [0.4, 0.5) is 0 Å². The van der Waals surface area contributed by atoms with E-state index in [1.165, 1.54) is 0 Å². The number of halogens is 1. The summed E-state index contributed by atoms with van der Waals surface area (Å²) in [5, 5.41) is 13.3. The third-order valence-electron chi connectivity index (χ3n) is 3.36. The molecule has 132 valence electrons. The predicted molar refractivity (Wildman–Crippen MR) is 101 cm³/mol. The van der Waals surface area contributed by atoms with Crippen LogP contribution in [0.15, 0.2) is 4.99 Å². The Labute approximate surface area is 154 Å². The maximum atomic E-state index is 11.6. The zero-order valence-corrected chi connectivity index (χ0v) is 16.7. The second kappa shape index (κ2) is 11.2. The monoisotopic (exact) mass is 438 g/mol. The molecule has 9 heteroatoms. The lowest BCUT2D eigenvalue weighted by Crippen LogP contribution is -2.43. The molecule has 0 aromatic carbocycles. The van der Waals surface area contributed by atoms with Crippen LogP contribution in [0.2, 0.25) is 0 Å². The first-order valence-electron chi connectivity index (χ1n) is 7.18. The molecule has 1 aromatic heterocycles. The second-order valence-corrected chi connectivity index (χ2v) is 4.90. The Hall–Kier alpha value is -1.36. The fraction of sp³-hybridized carbons (Fsp3) is 0.643. The minimum Gasteiger partial charge on any atom is -0.383 e. The Balaban J connectivity index is 0.00000484. The lowest BCUT2D eigenvalue weighted by atomic mass is 10.2. The number of ether oxygens (including phenoxy) is 1. The van der Waals surface area contributed by atoms with Gasteiger partial charge in [-0.25, -0.2) is 0 Å². The first-order valence-corrected chi connectivity index (χ1v) is 7.18. The van der Waals surface area contributed by atoms with Crippen LogP contribution in [0, 0.1) is 13.8 Å². The summed E-state index contributed by atoms with van der Waals surface area (Å²) in [5.74, 6) is 0.471. The van der Waals surface area contributed by atoms with E-state index in [-0.39, 0.29) is 36.4 Å². The summed E-state index contributed by atoms with van der Waals surface area (Å²) < 4.78 is 6.72. The van der Waals surface area contributed by atoms with Gasteiger partial charge in [-0.15, -0.1) is 24.0 Å². The van der Waals surface area contributed by atoms with E-state index < -0.39 is 0 Å². The third kappa shape index (κ3) is 7.16. The number of nitrogens with one attached hydrogen (secondary N) is 3. The van der Waals surface area contributed by atoms with Crippen molar-refractivity contribution in [2.24, 2.45) is 12.0 Å². The number of methoxy groups -OCH3 is 1. The molecule has 1 amide bonds. The van der Waals surface area contributed by atoms with Gasteiger partial charge in [-0.2, -0.15) is 5.10 Å². The number of carbonyl (C=O) groups is 1. The average Bonchev–Trinajstić information content (AvgIpc) is 2.73. The second-order valence-electron chi connectivity index (χ2n) is 4.90.